The molecule has 1 aromatic rings. The van der Waals surface area contributed by atoms with Gasteiger partial charge in [0.05, 0.1) is 18.5 Å². The molecule has 0 spiro atoms. The Labute approximate surface area is 122 Å². The molecule has 0 unspecified atom stereocenters. The Bertz CT molecular complexity index is 622. The van der Waals surface area contributed by atoms with E-state index in [0.29, 0.717) is 17.1 Å². The van der Waals surface area contributed by atoms with Crippen molar-refractivity contribution in [3.8, 4) is 17.9 Å². The van der Waals surface area contributed by atoms with Gasteiger partial charge in [0.25, 0.3) is 0 Å². The number of anilines is 2. The van der Waals surface area contributed by atoms with Gasteiger partial charge in [-0.2, -0.15) is 15.6 Å². The summed E-state index contributed by atoms with van der Waals surface area (Å²) in [5, 5.41) is 23.7. The zero-order chi connectivity index (χ0) is 15.8. The first-order valence-electron chi connectivity index (χ1n) is 6.14. The summed E-state index contributed by atoms with van der Waals surface area (Å²) >= 11 is 0. The summed E-state index contributed by atoms with van der Waals surface area (Å²) in [6.45, 7) is 3.54. The molecule has 7 heteroatoms. The Morgan fingerprint density at radius 1 is 1.29 bits per heavy atom. The maximum Gasteiger partial charge on any atom is 0.237 e. The summed E-state index contributed by atoms with van der Waals surface area (Å²) in [5.41, 5.74) is 3.17. The van der Waals surface area contributed by atoms with Crippen molar-refractivity contribution in [2.45, 2.75) is 13.8 Å². The van der Waals surface area contributed by atoms with Crippen LogP contribution in [0.15, 0.2) is 23.3 Å². The lowest BCUT2D eigenvalue weighted by atomic mass is 10.2. The average molecular weight is 285 g/mol. The largest absolute Gasteiger partial charge is 0.497 e. The summed E-state index contributed by atoms with van der Waals surface area (Å²) in [5.74, 6) is 0.196. The van der Waals surface area contributed by atoms with Gasteiger partial charge in [-0.15, -0.1) is 0 Å². The molecule has 2 N–H and O–H groups in total. The number of carbonyl (C=O) groups is 1. The molecule has 0 radical (unpaired) electrons. The van der Waals surface area contributed by atoms with Crippen molar-refractivity contribution >= 4 is 23.0 Å². The van der Waals surface area contributed by atoms with Crippen LogP contribution in [0.25, 0.3) is 0 Å². The van der Waals surface area contributed by atoms with Crippen LogP contribution in [0, 0.1) is 28.6 Å². The van der Waals surface area contributed by atoms with Gasteiger partial charge in [0.2, 0.25) is 11.6 Å². The number of hydrazone groups is 1. The molecule has 108 valence electrons. The summed E-state index contributed by atoms with van der Waals surface area (Å²) in [6, 6.07) is 8.19. The number of carbonyl (C=O) groups excluding carboxylic acids is 1. The zero-order valence-corrected chi connectivity index (χ0v) is 12.0. The number of amides is 1. The van der Waals surface area contributed by atoms with E-state index >= 15 is 0 Å². The smallest absolute Gasteiger partial charge is 0.237 e. The first kappa shape index (κ1) is 16.0. The molecule has 0 bridgehead atoms. The molecule has 0 aliphatic carbocycles. The van der Waals surface area contributed by atoms with Crippen LogP contribution in [0.5, 0.6) is 5.75 Å². The van der Waals surface area contributed by atoms with Gasteiger partial charge >= 0.3 is 0 Å². The highest BCUT2D eigenvalue weighted by Gasteiger charge is 2.11. The molecule has 1 aromatic carbocycles. The molecule has 0 aliphatic rings. The summed E-state index contributed by atoms with van der Waals surface area (Å²) in [7, 11) is 1.51. The molecule has 21 heavy (non-hydrogen) atoms. The standard InChI is InChI=1S/C14H15N5O2/c1-9(2)14(20)17-13-6-11(21-3)4-5-12(13)19-18-10(7-15)8-16/h4-6,9,19H,1-3H3,(H,17,20). The first-order chi connectivity index (χ1) is 10.0. The van der Waals surface area contributed by atoms with Gasteiger partial charge in [-0.1, -0.05) is 13.8 Å². The summed E-state index contributed by atoms with van der Waals surface area (Å²) in [4.78, 5) is 11.8. The second kappa shape index (κ2) is 7.51. The lowest BCUT2D eigenvalue weighted by Gasteiger charge is -2.13. The number of benzene rings is 1. The van der Waals surface area contributed by atoms with E-state index in [4.69, 9.17) is 15.3 Å². The Morgan fingerprint density at radius 2 is 1.95 bits per heavy atom. The van der Waals surface area contributed by atoms with Gasteiger partial charge in [0, 0.05) is 12.0 Å². The van der Waals surface area contributed by atoms with Crippen LogP contribution in [0.3, 0.4) is 0 Å². The maximum absolute atomic E-state index is 11.8. The molecule has 0 aromatic heterocycles. The predicted molar refractivity (Wildman–Crippen MR) is 78.7 cm³/mol. The highest BCUT2D eigenvalue weighted by molar-refractivity contribution is 6.10. The molecular weight excluding hydrogens is 270 g/mol. The van der Waals surface area contributed by atoms with Gasteiger partial charge in [-0.05, 0) is 12.1 Å². The molecule has 1 rings (SSSR count). The predicted octanol–water partition coefficient (Wildman–Crippen LogP) is 2.10. The van der Waals surface area contributed by atoms with E-state index in [9.17, 15) is 4.79 Å². The van der Waals surface area contributed by atoms with Crippen LogP contribution in [0.4, 0.5) is 11.4 Å². The molecule has 0 heterocycles. The van der Waals surface area contributed by atoms with E-state index in [1.54, 1.807) is 44.2 Å². The molecule has 0 saturated heterocycles. The SMILES string of the molecule is COc1ccc(NN=C(C#N)C#N)c(NC(=O)C(C)C)c1. The fourth-order valence-electron chi connectivity index (χ4n) is 1.32. The number of ether oxygens (including phenoxy) is 1. The first-order valence-corrected chi connectivity index (χ1v) is 6.14. The second-order valence-electron chi connectivity index (χ2n) is 4.35. The van der Waals surface area contributed by atoms with Crippen LogP contribution in [0.1, 0.15) is 13.8 Å². The average Bonchev–Trinajstić information content (AvgIpc) is 2.49. The van der Waals surface area contributed by atoms with Gasteiger partial charge in [0.15, 0.2) is 0 Å². The van der Waals surface area contributed by atoms with Gasteiger partial charge in [-0.25, -0.2) is 0 Å². The molecule has 0 fully saturated rings. The van der Waals surface area contributed by atoms with Crippen molar-refractivity contribution in [1.29, 1.82) is 10.5 Å². The number of hydrogen-bond acceptors (Lipinski definition) is 6. The van der Waals surface area contributed by atoms with Crippen molar-refractivity contribution in [3.05, 3.63) is 18.2 Å². The second-order valence-corrected chi connectivity index (χ2v) is 4.35. The zero-order valence-electron chi connectivity index (χ0n) is 12.0. The summed E-state index contributed by atoms with van der Waals surface area (Å²) in [6.07, 6.45) is 0. The molecule has 7 nitrogen and oxygen atoms in total. The fourth-order valence-corrected chi connectivity index (χ4v) is 1.32. The Hall–Kier alpha value is -3.06. The lowest BCUT2D eigenvalue weighted by molar-refractivity contribution is -0.118. The van der Waals surface area contributed by atoms with Crippen molar-refractivity contribution in [2.75, 3.05) is 17.9 Å². The number of methoxy groups -OCH3 is 1. The van der Waals surface area contributed by atoms with E-state index in [1.807, 2.05) is 0 Å². The van der Waals surface area contributed by atoms with Crippen LogP contribution in [-0.4, -0.2) is 18.7 Å². The van der Waals surface area contributed by atoms with E-state index < -0.39 is 0 Å². The third-order valence-corrected chi connectivity index (χ3v) is 2.51. The number of nitrogens with one attached hydrogen (secondary N) is 2. The Kier molecular flexibility index (Phi) is 5.72. The van der Waals surface area contributed by atoms with E-state index in [0.717, 1.165) is 0 Å². The third-order valence-electron chi connectivity index (χ3n) is 2.51. The molecule has 0 aliphatic heterocycles. The number of hydrogen-bond donors (Lipinski definition) is 2. The van der Waals surface area contributed by atoms with Crippen LogP contribution < -0.4 is 15.5 Å². The number of nitriles is 2. The quantitative estimate of drug-likeness (QED) is 0.635. The third kappa shape index (κ3) is 4.51. The normalized spacial score (nSPS) is 9.24. The van der Waals surface area contributed by atoms with Gasteiger partial charge in [-0.3, -0.25) is 10.2 Å². The molecular formula is C14H15N5O2. The maximum atomic E-state index is 11.8. The van der Waals surface area contributed by atoms with Crippen molar-refractivity contribution < 1.29 is 9.53 Å². The Balaban J connectivity index is 3.08. The molecule has 1 amide bonds. The highest BCUT2D eigenvalue weighted by atomic mass is 16.5. The monoisotopic (exact) mass is 285 g/mol. The minimum atomic E-state index is -0.313. The van der Waals surface area contributed by atoms with E-state index in [1.165, 1.54) is 7.11 Å². The summed E-state index contributed by atoms with van der Waals surface area (Å²) < 4.78 is 5.10. The van der Waals surface area contributed by atoms with Crippen LogP contribution in [0.2, 0.25) is 0 Å². The van der Waals surface area contributed by atoms with Crippen molar-refractivity contribution in [2.24, 2.45) is 11.0 Å². The molecule has 0 atom stereocenters. The molecule has 0 saturated carbocycles. The lowest BCUT2D eigenvalue weighted by Crippen LogP contribution is -2.18. The van der Waals surface area contributed by atoms with Gasteiger partial charge in [0.1, 0.15) is 17.9 Å². The number of rotatable bonds is 5. The topological polar surface area (TPSA) is 110 Å². The fraction of sp³-hybridized carbons (Fsp3) is 0.286. The van der Waals surface area contributed by atoms with Crippen molar-refractivity contribution in [3.63, 3.8) is 0 Å². The minimum absolute atomic E-state index is 0.170. The van der Waals surface area contributed by atoms with Crippen LogP contribution in [-0.2, 0) is 4.79 Å². The minimum Gasteiger partial charge on any atom is -0.497 e. The number of nitrogens with zero attached hydrogens (tertiary/aromatic N) is 3. The van der Waals surface area contributed by atoms with E-state index in [2.05, 4.69) is 15.8 Å². The van der Waals surface area contributed by atoms with Crippen molar-refractivity contribution in [1.82, 2.24) is 0 Å². The van der Waals surface area contributed by atoms with E-state index in [-0.39, 0.29) is 17.5 Å². The van der Waals surface area contributed by atoms with Gasteiger partial charge < -0.3 is 10.1 Å². The Morgan fingerprint density at radius 3 is 2.48 bits per heavy atom. The highest BCUT2D eigenvalue weighted by Crippen LogP contribution is 2.27. The van der Waals surface area contributed by atoms with Crippen LogP contribution >= 0.6 is 0 Å².